The first-order valence-electron chi connectivity index (χ1n) is 9.52. The van der Waals surface area contributed by atoms with Crippen LogP contribution < -0.4 is 11.2 Å². The standard InChI is InChI=1S/C17H25N2O10PS/c1-16(2,7-20)14(24)31-6-5-27-30(26)29-12-11-17(12,8-21)10(23)13(28-11)19-4-3-9(22)18-15(19)25/h3-4,10-14,20-21,23-24H,5-8H2,1-2H3/p+1/t10-,11+,12?,13+,14?,17+/m0/s1. The highest BCUT2D eigenvalue weighted by molar-refractivity contribution is 7.99. The minimum atomic E-state index is -2.59. The lowest BCUT2D eigenvalue weighted by Crippen LogP contribution is -2.40. The van der Waals surface area contributed by atoms with Crippen LogP contribution in [0.1, 0.15) is 20.1 Å². The van der Waals surface area contributed by atoms with Gasteiger partial charge in [0.25, 0.3) is 5.56 Å². The maximum Gasteiger partial charge on any atom is 0.697 e. The molecule has 31 heavy (non-hydrogen) atoms. The van der Waals surface area contributed by atoms with Crippen LogP contribution in [0.5, 0.6) is 0 Å². The van der Waals surface area contributed by atoms with E-state index in [-0.39, 0.29) is 13.2 Å². The van der Waals surface area contributed by atoms with E-state index < -0.39 is 66.9 Å². The number of H-pyrrole nitrogens is 1. The van der Waals surface area contributed by atoms with Gasteiger partial charge in [-0.25, -0.2) is 4.79 Å². The van der Waals surface area contributed by atoms with Crippen LogP contribution in [-0.2, 0) is 18.3 Å². The molecule has 14 heteroatoms. The van der Waals surface area contributed by atoms with Gasteiger partial charge in [-0.1, -0.05) is 13.8 Å². The van der Waals surface area contributed by atoms with Gasteiger partial charge in [0.2, 0.25) is 0 Å². The van der Waals surface area contributed by atoms with E-state index in [4.69, 9.17) is 13.8 Å². The normalized spacial score (nSPS) is 31.4. The van der Waals surface area contributed by atoms with Crippen LogP contribution in [0.25, 0.3) is 0 Å². The van der Waals surface area contributed by atoms with E-state index in [2.05, 4.69) is 4.98 Å². The molecular formula is C17H26N2O10PS+. The third kappa shape index (κ3) is 4.65. The van der Waals surface area contributed by atoms with Crippen LogP contribution in [0.15, 0.2) is 21.9 Å². The van der Waals surface area contributed by atoms with Crippen molar-refractivity contribution >= 4 is 20.0 Å². The number of rotatable bonds is 11. The Bertz CT molecular complexity index is 923. The zero-order valence-electron chi connectivity index (χ0n) is 16.9. The number of ether oxygens (including phenoxy) is 1. The molecule has 3 rings (SSSR count). The highest BCUT2D eigenvalue weighted by Crippen LogP contribution is 2.63. The molecule has 174 valence electrons. The maximum atomic E-state index is 12.1. The summed E-state index contributed by atoms with van der Waals surface area (Å²) in [5.41, 5.74) is -4.18. The fourth-order valence-electron chi connectivity index (χ4n) is 3.38. The van der Waals surface area contributed by atoms with E-state index in [1.807, 2.05) is 0 Å². The van der Waals surface area contributed by atoms with Gasteiger partial charge in [-0.15, -0.1) is 20.8 Å². The highest BCUT2D eigenvalue weighted by atomic mass is 32.2. The third-order valence-electron chi connectivity index (χ3n) is 5.56. The van der Waals surface area contributed by atoms with Gasteiger partial charge in [0.05, 0.1) is 18.6 Å². The van der Waals surface area contributed by atoms with Crippen LogP contribution >= 0.6 is 20.0 Å². The van der Waals surface area contributed by atoms with Gasteiger partial charge < -0.3 is 25.2 Å². The molecule has 0 aromatic carbocycles. The van der Waals surface area contributed by atoms with E-state index in [0.29, 0.717) is 5.75 Å². The van der Waals surface area contributed by atoms with E-state index in [9.17, 15) is 34.6 Å². The summed E-state index contributed by atoms with van der Waals surface area (Å²) in [6.07, 6.45) is -3.05. The van der Waals surface area contributed by atoms with Crippen molar-refractivity contribution in [3.05, 3.63) is 33.1 Å². The second kappa shape index (κ2) is 9.38. The molecule has 1 aliphatic heterocycles. The van der Waals surface area contributed by atoms with Crippen molar-refractivity contribution in [2.24, 2.45) is 10.8 Å². The Labute approximate surface area is 182 Å². The molecule has 0 bridgehead atoms. The van der Waals surface area contributed by atoms with Crippen LogP contribution in [0.4, 0.5) is 0 Å². The Kier molecular flexibility index (Phi) is 7.41. The zero-order chi connectivity index (χ0) is 23.0. The first-order chi connectivity index (χ1) is 14.6. The van der Waals surface area contributed by atoms with Gasteiger partial charge in [-0.2, -0.15) is 0 Å². The molecule has 0 amide bonds. The fraction of sp³-hybridized carbons (Fsp3) is 0.765. The quantitative estimate of drug-likeness (QED) is 0.147. The molecular weight excluding hydrogens is 455 g/mol. The molecule has 1 saturated heterocycles. The molecule has 2 heterocycles. The zero-order valence-corrected chi connectivity index (χ0v) is 18.6. The first-order valence-corrected chi connectivity index (χ1v) is 11.7. The summed E-state index contributed by atoms with van der Waals surface area (Å²) >= 11 is 1.13. The molecule has 1 saturated carbocycles. The molecule has 3 unspecified atom stereocenters. The predicted octanol–water partition coefficient (Wildman–Crippen LogP) is -1.08. The van der Waals surface area contributed by atoms with Crippen molar-refractivity contribution < 1.29 is 38.8 Å². The van der Waals surface area contributed by atoms with Crippen molar-refractivity contribution in [3.8, 4) is 0 Å². The summed E-state index contributed by atoms with van der Waals surface area (Å²) < 4.78 is 29.1. The van der Waals surface area contributed by atoms with Crippen LogP contribution in [-0.4, -0.2) is 79.3 Å². The average molecular weight is 481 g/mol. The lowest BCUT2D eigenvalue weighted by Gasteiger charge is -2.27. The Balaban J connectivity index is 1.51. The SMILES string of the molecule is CC(C)(CO)C(O)SCCO[P+](=O)OC1[C@H]2O[C@@H](n3ccc(=O)[nH]c3=O)[C@H](O)[C@@]12CO. The molecule has 1 aliphatic carbocycles. The summed E-state index contributed by atoms with van der Waals surface area (Å²) in [6.45, 7) is 2.67. The van der Waals surface area contributed by atoms with Gasteiger partial charge in [-0.3, -0.25) is 14.3 Å². The predicted molar refractivity (Wildman–Crippen MR) is 109 cm³/mol. The van der Waals surface area contributed by atoms with Crippen molar-refractivity contribution in [2.75, 3.05) is 25.6 Å². The number of aromatic nitrogens is 2. The van der Waals surface area contributed by atoms with Crippen molar-refractivity contribution in [3.63, 3.8) is 0 Å². The van der Waals surface area contributed by atoms with Crippen molar-refractivity contribution in [1.29, 1.82) is 0 Å². The number of aliphatic hydroxyl groups excluding tert-OH is 4. The summed E-state index contributed by atoms with van der Waals surface area (Å²) in [6, 6.07) is 1.10. The number of fused-ring (bicyclic) bond motifs is 1. The molecule has 0 radical (unpaired) electrons. The smallest absolute Gasteiger partial charge is 0.396 e. The van der Waals surface area contributed by atoms with Crippen molar-refractivity contribution in [2.45, 2.75) is 43.8 Å². The van der Waals surface area contributed by atoms with E-state index in [1.54, 1.807) is 13.8 Å². The van der Waals surface area contributed by atoms with E-state index in [0.717, 1.165) is 22.4 Å². The number of hydrogen-bond donors (Lipinski definition) is 5. The van der Waals surface area contributed by atoms with E-state index in [1.165, 1.54) is 6.20 Å². The minimum absolute atomic E-state index is 0.000753. The topological polar surface area (TPSA) is 181 Å². The van der Waals surface area contributed by atoms with Gasteiger partial charge in [-0.05, 0) is 0 Å². The largest absolute Gasteiger partial charge is 0.697 e. The average Bonchev–Trinajstić information content (AvgIpc) is 3.22. The maximum absolute atomic E-state index is 12.1. The molecule has 7 atom stereocenters. The number of nitrogens with zero attached hydrogens (tertiary/aromatic N) is 1. The monoisotopic (exact) mass is 481 g/mol. The highest BCUT2D eigenvalue weighted by Gasteiger charge is 2.80. The Morgan fingerprint density at radius 2 is 2.13 bits per heavy atom. The molecule has 2 aliphatic rings. The van der Waals surface area contributed by atoms with Gasteiger partial charge >= 0.3 is 13.9 Å². The molecule has 12 nitrogen and oxygen atoms in total. The molecule has 0 spiro atoms. The lowest BCUT2D eigenvalue weighted by molar-refractivity contribution is -0.0817. The first kappa shape index (κ1) is 24.5. The Morgan fingerprint density at radius 1 is 1.42 bits per heavy atom. The number of thioether (sulfide) groups is 1. The molecule has 1 aromatic rings. The lowest BCUT2D eigenvalue weighted by atomic mass is 9.96. The van der Waals surface area contributed by atoms with Crippen LogP contribution in [0.2, 0.25) is 0 Å². The van der Waals surface area contributed by atoms with Gasteiger partial charge in [0.15, 0.2) is 12.3 Å². The van der Waals surface area contributed by atoms with Crippen LogP contribution in [0, 0.1) is 10.8 Å². The number of nitrogens with one attached hydrogen (secondary N) is 1. The van der Waals surface area contributed by atoms with Crippen LogP contribution in [0.3, 0.4) is 0 Å². The summed E-state index contributed by atoms with van der Waals surface area (Å²) in [7, 11) is -2.59. The molecule has 2 fully saturated rings. The molecule has 1 aromatic heterocycles. The number of aromatic amines is 1. The Hall–Kier alpha value is -1.15. The Morgan fingerprint density at radius 3 is 2.71 bits per heavy atom. The fourth-order valence-corrected chi connectivity index (χ4v) is 5.23. The van der Waals surface area contributed by atoms with Crippen molar-refractivity contribution in [1.82, 2.24) is 9.55 Å². The summed E-state index contributed by atoms with van der Waals surface area (Å²) in [5, 5.41) is 39.7. The minimum Gasteiger partial charge on any atom is -0.396 e. The summed E-state index contributed by atoms with van der Waals surface area (Å²) in [5.74, 6) is 0.296. The third-order valence-corrected chi connectivity index (χ3v) is 7.71. The number of hydrogen-bond acceptors (Lipinski definition) is 11. The summed E-state index contributed by atoms with van der Waals surface area (Å²) in [4.78, 5) is 25.2. The van der Waals surface area contributed by atoms with E-state index >= 15 is 0 Å². The number of aliphatic hydroxyl groups is 4. The second-order valence-corrected chi connectivity index (χ2v) is 10.2. The van der Waals surface area contributed by atoms with Gasteiger partial charge in [0, 0.05) is 28.0 Å². The molecule has 5 N–H and O–H groups in total. The van der Waals surface area contributed by atoms with Gasteiger partial charge in [0.1, 0.15) is 24.3 Å². The second-order valence-electron chi connectivity index (χ2n) is 8.13.